The molecular formula is C53H60N8O16. The van der Waals surface area contributed by atoms with Crippen molar-refractivity contribution in [1.82, 2.24) is 24.4 Å². The van der Waals surface area contributed by atoms with Crippen LogP contribution in [0.1, 0.15) is 99.1 Å². The van der Waals surface area contributed by atoms with E-state index in [4.69, 9.17) is 29.8 Å². The minimum atomic E-state index is -1.21. The van der Waals surface area contributed by atoms with E-state index in [1.807, 2.05) is 12.1 Å². The van der Waals surface area contributed by atoms with Gasteiger partial charge in [-0.15, -0.1) is 0 Å². The number of benzene rings is 4. The molecule has 3 amide bonds. The fourth-order valence-corrected chi connectivity index (χ4v) is 6.94. The van der Waals surface area contributed by atoms with Gasteiger partial charge in [0.1, 0.15) is 23.3 Å². The second-order valence-electron chi connectivity index (χ2n) is 18.8. The molecule has 0 fully saturated rings. The minimum absolute atomic E-state index is 0.0159. The third-order valence-corrected chi connectivity index (χ3v) is 10.6. The summed E-state index contributed by atoms with van der Waals surface area (Å²) in [4.78, 5) is 119. The third kappa shape index (κ3) is 17.5. The molecule has 2 heterocycles. The molecule has 0 saturated carbocycles. The van der Waals surface area contributed by atoms with Gasteiger partial charge in [-0.1, -0.05) is 60.7 Å². The van der Waals surface area contributed by atoms with Crippen molar-refractivity contribution in [1.29, 1.82) is 0 Å². The number of nitrogens with two attached hydrogens (primary N) is 1. The number of nitrogens with one attached hydrogen (secondary N) is 3. The number of hydrogen-bond donors (Lipinski definition) is 5. The first-order valence-electron chi connectivity index (χ1n) is 23.8. The summed E-state index contributed by atoms with van der Waals surface area (Å²) < 4.78 is 33.4. The van der Waals surface area contributed by atoms with Crippen LogP contribution in [-0.4, -0.2) is 115 Å². The number of aromatic nitrogens is 4. The summed E-state index contributed by atoms with van der Waals surface area (Å²) in [6.45, 7) is 9.39. The predicted octanol–water partition coefficient (Wildman–Crippen LogP) is 7.10. The standard InChI is InChI=1S/C31H38N4O9.C22H22N4O7/c1-30(2,3)43-26(38)21(33-29(40)44-31(4,5)6)14-16-24(36)42-18-35-23-15-13-20(25(37)19-11-9-8-10-12-19)17-22(23)32-27(35)34-28(39)41-7;1-32-22(31)25-21-24-16-11-14(19(28)13-5-3-2-4-6-13)7-9-17(16)26(21)12-33-18(27)10-8-15(23)20(29)30/h8-13,15,17,21H,14,16,18H2,1-7H3,(H,33,40)(H,32,34,39);2-7,9,11,15H,8,10,12,23H2,1H3,(H,29,30)(H,24,25,31)/t21-;15-/m00/s1. The molecule has 6 rings (SSSR count). The maximum atomic E-state index is 12.9. The predicted molar refractivity (Wildman–Crippen MR) is 277 cm³/mol. The molecule has 2 atom stereocenters. The molecule has 0 aliphatic heterocycles. The molecule has 408 valence electrons. The molecule has 0 saturated heterocycles. The van der Waals surface area contributed by atoms with E-state index in [9.17, 15) is 43.2 Å². The lowest BCUT2D eigenvalue weighted by molar-refractivity contribution is -0.158. The Morgan fingerprint density at radius 2 is 0.987 bits per heavy atom. The van der Waals surface area contributed by atoms with Crippen LogP contribution in [0.3, 0.4) is 0 Å². The number of esters is 3. The van der Waals surface area contributed by atoms with Gasteiger partial charge in [0.2, 0.25) is 11.9 Å². The molecule has 24 nitrogen and oxygen atoms in total. The highest BCUT2D eigenvalue weighted by molar-refractivity contribution is 6.11. The van der Waals surface area contributed by atoms with Gasteiger partial charge in [-0.25, -0.2) is 29.1 Å². The Bertz CT molecular complexity index is 3120. The zero-order valence-corrected chi connectivity index (χ0v) is 43.6. The van der Waals surface area contributed by atoms with Crippen LogP contribution in [-0.2, 0) is 61.1 Å². The molecular weight excluding hydrogens is 1000 g/mol. The van der Waals surface area contributed by atoms with Crippen molar-refractivity contribution in [3.05, 3.63) is 119 Å². The summed E-state index contributed by atoms with van der Waals surface area (Å²) in [6.07, 6.45) is -3.10. The number of carboxylic acids is 1. The van der Waals surface area contributed by atoms with Crippen LogP contribution in [0, 0.1) is 0 Å². The number of methoxy groups -OCH3 is 2. The van der Waals surface area contributed by atoms with Gasteiger partial charge in [-0.2, -0.15) is 0 Å². The van der Waals surface area contributed by atoms with Crippen LogP contribution in [0.25, 0.3) is 22.1 Å². The van der Waals surface area contributed by atoms with Crippen LogP contribution >= 0.6 is 0 Å². The molecule has 0 unspecified atom stereocenters. The van der Waals surface area contributed by atoms with Crippen molar-refractivity contribution in [2.75, 3.05) is 24.9 Å². The first kappa shape index (κ1) is 58.7. The SMILES string of the molecule is COC(=O)Nc1nc2cc(C(=O)c3ccccc3)ccc2n1COC(=O)CC[C@H](N)C(=O)O.COC(=O)Nc1nc2cc(C(=O)c3ccccc3)ccc2n1COC(=O)CC[C@H](NC(=O)OC(C)(C)C)C(=O)OC(C)(C)C. The number of anilines is 2. The Labute approximate surface area is 441 Å². The number of aliphatic carboxylic acids is 1. The summed E-state index contributed by atoms with van der Waals surface area (Å²) in [7, 11) is 2.37. The van der Waals surface area contributed by atoms with E-state index in [1.54, 1.807) is 126 Å². The van der Waals surface area contributed by atoms with E-state index in [2.05, 4.69) is 35.4 Å². The van der Waals surface area contributed by atoms with Gasteiger partial charge >= 0.3 is 42.2 Å². The molecule has 0 aliphatic carbocycles. The summed E-state index contributed by atoms with van der Waals surface area (Å²) in [5.74, 6) is -3.68. The van der Waals surface area contributed by atoms with Gasteiger partial charge in [-0.3, -0.25) is 43.7 Å². The lowest BCUT2D eigenvalue weighted by Crippen LogP contribution is -2.46. The summed E-state index contributed by atoms with van der Waals surface area (Å²) in [5.41, 5.74) is 7.23. The molecule has 2 aromatic heterocycles. The Balaban J connectivity index is 0.000000296. The summed E-state index contributed by atoms with van der Waals surface area (Å²) >= 11 is 0. The quantitative estimate of drug-likeness (QED) is 0.0307. The molecule has 0 spiro atoms. The largest absolute Gasteiger partial charge is 0.480 e. The van der Waals surface area contributed by atoms with Crippen LogP contribution in [0.15, 0.2) is 97.1 Å². The van der Waals surface area contributed by atoms with Crippen molar-refractivity contribution in [3.8, 4) is 0 Å². The Morgan fingerprint density at radius 3 is 1.38 bits per heavy atom. The lowest BCUT2D eigenvalue weighted by Gasteiger charge is -2.26. The van der Waals surface area contributed by atoms with E-state index >= 15 is 0 Å². The third-order valence-electron chi connectivity index (χ3n) is 10.6. The van der Waals surface area contributed by atoms with Gasteiger partial charge in [-0.05, 0) is 90.8 Å². The Hall–Kier alpha value is -9.19. The number of alkyl carbamates (subject to hydrolysis) is 1. The van der Waals surface area contributed by atoms with E-state index < -0.39 is 65.4 Å². The second-order valence-corrected chi connectivity index (χ2v) is 18.8. The number of hydrogen-bond acceptors (Lipinski definition) is 18. The van der Waals surface area contributed by atoms with Gasteiger partial charge in [0.25, 0.3) is 0 Å². The molecule has 0 bridgehead atoms. The van der Waals surface area contributed by atoms with Crippen molar-refractivity contribution < 1.29 is 76.7 Å². The zero-order chi connectivity index (χ0) is 56.6. The Morgan fingerprint density at radius 1 is 0.571 bits per heavy atom. The number of carboxylic acid groups (broad SMARTS) is 1. The number of ether oxygens (including phenoxy) is 6. The molecule has 6 aromatic rings. The molecule has 77 heavy (non-hydrogen) atoms. The van der Waals surface area contributed by atoms with E-state index in [0.29, 0.717) is 44.3 Å². The molecule has 24 heteroatoms. The van der Waals surface area contributed by atoms with Crippen molar-refractivity contribution >= 4 is 87.7 Å². The van der Waals surface area contributed by atoms with Crippen molar-refractivity contribution in [2.24, 2.45) is 5.73 Å². The first-order valence-corrected chi connectivity index (χ1v) is 23.8. The second kappa shape index (κ2) is 26.3. The number of carbonyl (C=O) groups excluding carboxylic acids is 8. The van der Waals surface area contributed by atoms with Crippen LogP contribution in [0.5, 0.6) is 0 Å². The molecule has 0 aliphatic rings. The van der Waals surface area contributed by atoms with Gasteiger partial charge in [0, 0.05) is 35.1 Å². The van der Waals surface area contributed by atoms with Gasteiger partial charge in [0.15, 0.2) is 25.0 Å². The topological polar surface area (TPSA) is 327 Å². The molecule has 4 aromatic carbocycles. The highest BCUT2D eigenvalue weighted by Gasteiger charge is 2.30. The number of rotatable bonds is 19. The maximum Gasteiger partial charge on any atom is 0.413 e. The van der Waals surface area contributed by atoms with Gasteiger partial charge in [0.05, 0.1) is 36.3 Å². The number of ketones is 2. The average Bonchev–Trinajstić information content (AvgIpc) is 3.95. The maximum absolute atomic E-state index is 12.9. The number of amides is 3. The first-order chi connectivity index (χ1) is 36.4. The van der Waals surface area contributed by atoms with E-state index in [-0.39, 0.29) is 62.6 Å². The fourth-order valence-electron chi connectivity index (χ4n) is 6.94. The number of imidazole rings is 2. The zero-order valence-electron chi connectivity index (χ0n) is 43.6. The number of carbonyl (C=O) groups is 9. The van der Waals surface area contributed by atoms with Crippen LogP contribution < -0.4 is 21.7 Å². The van der Waals surface area contributed by atoms with E-state index in [0.717, 1.165) is 0 Å². The minimum Gasteiger partial charge on any atom is -0.480 e. The smallest absolute Gasteiger partial charge is 0.413 e. The molecule has 0 radical (unpaired) electrons. The lowest BCUT2D eigenvalue weighted by atomic mass is 10.0. The normalized spacial score (nSPS) is 11.9. The van der Waals surface area contributed by atoms with Crippen molar-refractivity contribution in [2.45, 2.75) is 104 Å². The van der Waals surface area contributed by atoms with Crippen molar-refractivity contribution in [3.63, 3.8) is 0 Å². The monoisotopic (exact) mass is 1060 g/mol. The van der Waals surface area contributed by atoms with Gasteiger partial charge < -0.3 is 44.6 Å². The number of nitrogens with zero attached hydrogens (tertiary/aromatic N) is 4. The average molecular weight is 1070 g/mol. The summed E-state index contributed by atoms with van der Waals surface area (Å²) in [5, 5.41) is 16.2. The van der Waals surface area contributed by atoms with Crippen LogP contribution in [0.2, 0.25) is 0 Å². The number of fused-ring (bicyclic) bond motifs is 2. The Kier molecular flexibility index (Phi) is 20.1. The highest BCUT2D eigenvalue weighted by Crippen LogP contribution is 2.25. The molecule has 6 N–H and O–H groups in total. The van der Waals surface area contributed by atoms with E-state index in [1.165, 1.54) is 23.4 Å². The highest BCUT2D eigenvalue weighted by atomic mass is 16.6. The van der Waals surface area contributed by atoms with Crippen LogP contribution in [0.4, 0.5) is 26.3 Å². The fraction of sp³-hybridized carbons (Fsp3) is 0.340. The summed E-state index contributed by atoms with van der Waals surface area (Å²) in [6, 6.07) is 24.7.